The SMILES string of the molecule is C[C@]12CCC(=NOC3CCNC3)CC1CCC1C2CC[C@]2(C)C(=O)CC(F)C12. The lowest BCUT2D eigenvalue weighted by Crippen LogP contribution is -2.54. The second-order valence-corrected chi connectivity index (χ2v) is 10.8. The van der Waals surface area contributed by atoms with Gasteiger partial charge in [-0.1, -0.05) is 19.0 Å². The summed E-state index contributed by atoms with van der Waals surface area (Å²) < 4.78 is 14.9. The standard InChI is InChI=1S/C23H35FN2O2/c1-22-8-5-15(26-28-16-7-10-25-13-16)11-14(22)3-4-17-18(22)6-9-23(2)20(27)12-19(24)21(17)23/h14,16-19,21,25H,3-13H2,1-2H3/t14?,16?,17?,18?,19?,21?,22-,23+/m0/s1. The molecule has 8 atom stereocenters. The van der Waals surface area contributed by atoms with Gasteiger partial charge in [0.05, 0.1) is 5.71 Å². The summed E-state index contributed by atoms with van der Waals surface area (Å²) in [5.74, 6) is 1.74. The summed E-state index contributed by atoms with van der Waals surface area (Å²) in [4.78, 5) is 18.3. The van der Waals surface area contributed by atoms with E-state index in [1.54, 1.807) is 0 Å². The molecule has 5 aliphatic rings. The third-order valence-corrected chi connectivity index (χ3v) is 9.50. The van der Waals surface area contributed by atoms with Crippen molar-refractivity contribution in [2.45, 2.75) is 83.9 Å². The molecular weight excluding hydrogens is 355 g/mol. The first-order valence-corrected chi connectivity index (χ1v) is 11.5. The Kier molecular flexibility index (Phi) is 4.61. The van der Waals surface area contributed by atoms with Crippen molar-refractivity contribution >= 4 is 11.5 Å². The van der Waals surface area contributed by atoms with Crippen LogP contribution in [0.1, 0.15) is 71.6 Å². The molecule has 0 spiro atoms. The number of carbonyl (C=O) groups excluding carboxylic acids is 1. The Bertz CT molecular complexity index is 676. The molecule has 1 saturated heterocycles. The van der Waals surface area contributed by atoms with Gasteiger partial charge in [0.15, 0.2) is 0 Å². The number of hydrogen-bond acceptors (Lipinski definition) is 4. The third-order valence-electron chi connectivity index (χ3n) is 9.50. The van der Waals surface area contributed by atoms with E-state index in [2.05, 4.69) is 24.3 Å². The summed E-state index contributed by atoms with van der Waals surface area (Å²) in [7, 11) is 0. The number of Topliss-reactive ketones (excluding diaryl/α,β-unsaturated/α-hetero) is 1. The maximum absolute atomic E-state index is 14.9. The van der Waals surface area contributed by atoms with Crippen molar-refractivity contribution < 1.29 is 14.0 Å². The fourth-order valence-electron chi connectivity index (χ4n) is 7.79. The van der Waals surface area contributed by atoms with Gasteiger partial charge in [-0.05, 0) is 74.7 Å². The number of nitrogens with zero attached hydrogens (tertiary/aromatic N) is 1. The summed E-state index contributed by atoms with van der Waals surface area (Å²) in [5, 5.41) is 7.87. The quantitative estimate of drug-likeness (QED) is 0.716. The highest BCUT2D eigenvalue weighted by Gasteiger charge is 2.63. The van der Waals surface area contributed by atoms with Crippen LogP contribution in [0.4, 0.5) is 4.39 Å². The normalized spacial score (nSPS) is 52.2. The maximum atomic E-state index is 14.9. The van der Waals surface area contributed by atoms with Crippen LogP contribution in [0.3, 0.4) is 0 Å². The van der Waals surface area contributed by atoms with Gasteiger partial charge in [-0.3, -0.25) is 4.79 Å². The zero-order valence-corrected chi connectivity index (χ0v) is 17.4. The molecule has 0 radical (unpaired) electrons. The van der Waals surface area contributed by atoms with Crippen molar-refractivity contribution in [2.24, 2.45) is 39.7 Å². The van der Waals surface area contributed by atoms with Gasteiger partial charge >= 0.3 is 0 Å². The molecule has 4 saturated carbocycles. The van der Waals surface area contributed by atoms with E-state index in [1.165, 1.54) is 5.71 Å². The van der Waals surface area contributed by atoms with Gasteiger partial charge in [0.25, 0.3) is 0 Å². The number of fused-ring (bicyclic) bond motifs is 5. The molecule has 1 N–H and O–H groups in total. The van der Waals surface area contributed by atoms with Crippen molar-refractivity contribution in [1.29, 1.82) is 0 Å². The van der Waals surface area contributed by atoms with Crippen molar-refractivity contribution in [3.05, 3.63) is 0 Å². The van der Waals surface area contributed by atoms with Crippen LogP contribution in [0, 0.1) is 34.5 Å². The van der Waals surface area contributed by atoms with Crippen LogP contribution >= 0.6 is 0 Å². The van der Waals surface area contributed by atoms with Gasteiger partial charge in [0.1, 0.15) is 18.1 Å². The van der Waals surface area contributed by atoms with Gasteiger partial charge in [-0.2, -0.15) is 0 Å². The highest BCUT2D eigenvalue weighted by atomic mass is 19.1. The number of rotatable bonds is 2. The van der Waals surface area contributed by atoms with Gasteiger partial charge in [0.2, 0.25) is 0 Å². The number of ketones is 1. The fourth-order valence-corrected chi connectivity index (χ4v) is 7.79. The third kappa shape index (κ3) is 2.79. The number of alkyl halides is 1. The van der Waals surface area contributed by atoms with Gasteiger partial charge in [-0.25, -0.2) is 4.39 Å². The second kappa shape index (κ2) is 6.78. The Morgan fingerprint density at radius 2 is 2.00 bits per heavy atom. The molecule has 0 bridgehead atoms. The number of hydrogen-bond donors (Lipinski definition) is 1. The first-order chi connectivity index (χ1) is 13.4. The fraction of sp³-hybridized carbons (Fsp3) is 0.913. The van der Waals surface area contributed by atoms with Crippen LogP contribution in [-0.4, -0.2) is 36.9 Å². The molecule has 28 heavy (non-hydrogen) atoms. The second-order valence-electron chi connectivity index (χ2n) is 10.8. The summed E-state index contributed by atoms with van der Waals surface area (Å²) in [5.41, 5.74) is 1.10. The van der Waals surface area contributed by atoms with E-state index >= 15 is 0 Å². The van der Waals surface area contributed by atoms with Crippen LogP contribution in [0.2, 0.25) is 0 Å². The van der Waals surface area contributed by atoms with E-state index in [1.807, 2.05) is 0 Å². The van der Waals surface area contributed by atoms with Crippen molar-refractivity contribution in [3.8, 4) is 0 Å². The van der Waals surface area contributed by atoms with Crippen LogP contribution in [-0.2, 0) is 9.63 Å². The Labute approximate surface area is 168 Å². The molecule has 5 rings (SSSR count). The monoisotopic (exact) mass is 390 g/mol. The Hall–Kier alpha value is -0.970. The minimum absolute atomic E-state index is 0.0372. The molecule has 156 valence electrons. The topological polar surface area (TPSA) is 50.7 Å². The highest BCUT2D eigenvalue weighted by molar-refractivity contribution is 5.88. The van der Waals surface area contributed by atoms with Crippen LogP contribution in [0.25, 0.3) is 0 Å². The first-order valence-electron chi connectivity index (χ1n) is 11.5. The predicted octanol–water partition coefficient (Wildman–Crippen LogP) is 4.28. The van der Waals surface area contributed by atoms with E-state index in [0.29, 0.717) is 17.8 Å². The summed E-state index contributed by atoms with van der Waals surface area (Å²) >= 11 is 0. The summed E-state index contributed by atoms with van der Waals surface area (Å²) in [6, 6.07) is 0. The van der Waals surface area contributed by atoms with E-state index in [-0.39, 0.29) is 29.6 Å². The number of oxime groups is 1. The van der Waals surface area contributed by atoms with Crippen LogP contribution in [0.5, 0.6) is 0 Å². The van der Waals surface area contributed by atoms with Gasteiger partial charge in [-0.15, -0.1) is 0 Å². The van der Waals surface area contributed by atoms with Crippen molar-refractivity contribution in [3.63, 3.8) is 0 Å². The van der Waals surface area contributed by atoms with Gasteiger partial charge < -0.3 is 10.2 Å². The van der Waals surface area contributed by atoms with Crippen LogP contribution < -0.4 is 5.32 Å². The molecule has 5 heteroatoms. The molecule has 4 nitrogen and oxygen atoms in total. The van der Waals surface area contributed by atoms with E-state index in [9.17, 15) is 9.18 Å². The highest BCUT2D eigenvalue weighted by Crippen LogP contribution is 2.65. The summed E-state index contributed by atoms with van der Waals surface area (Å²) in [6.07, 6.45) is 7.93. The smallest absolute Gasteiger partial charge is 0.142 e. The molecule has 6 unspecified atom stereocenters. The largest absolute Gasteiger partial charge is 0.391 e. The average molecular weight is 391 g/mol. The Morgan fingerprint density at radius 1 is 1.14 bits per heavy atom. The van der Waals surface area contributed by atoms with E-state index < -0.39 is 11.6 Å². The Balaban J connectivity index is 1.32. The minimum atomic E-state index is -0.917. The molecule has 0 aromatic rings. The lowest BCUT2D eigenvalue weighted by atomic mass is 9.45. The zero-order chi connectivity index (χ0) is 19.5. The van der Waals surface area contributed by atoms with Crippen molar-refractivity contribution in [2.75, 3.05) is 13.1 Å². The molecule has 4 aliphatic carbocycles. The molecule has 0 aromatic carbocycles. The zero-order valence-electron chi connectivity index (χ0n) is 17.4. The van der Waals surface area contributed by atoms with Crippen molar-refractivity contribution in [1.82, 2.24) is 5.32 Å². The molecule has 0 amide bonds. The Morgan fingerprint density at radius 3 is 2.79 bits per heavy atom. The lowest BCUT2D eigenvalue weighted by Gasteiger charge is -2.59. The summed E-state index contributed by atoms with van der Waals surface area (Å²) in [6.45, 7) is 6.45. The van der Waals surface area contributed by atoms with E-state index in [4.69, 9.17) is 4.84 Å². The first kappa shape index (κ1) is 19.0. The average Bonchev–Trinajstić information content (AvgIpc) is 3.26. The maximum Gasteiger partial charge on any atom is 0.142 e. The van der Waals surface area contributed by atoms with Crippen LogP contribution in [0.15, 0.2) is 5.16 Å². The molecule has 1 aliphatic heterocycles. The molecule has 5 fully saturated rings. The molecular formula is C23H35FN2O2. The number of nitrogens with one attached hydrogen (secondary N) is 1. The lowest BCUT2D eigenvalue weighted by molar-refractivity contribution is -0.138. The number of carbonyl (C=O) groups is 1. The van der Waals surface area contributed by atoms with Gasteiger partial charge in [0, 0.05) is 30.7 Å². The minimum Gasteiger partial charge on any atom is -0.391 e. The predicted molar refractivity (Wildman–Crippen MR) is 107 cm³/mol. The molecule has 0 aromatic heterocycles. The molecule has 1 heterocycles. The van der Waals surface area contributed by atoms with E-state index in [0.717, 1.165) is 64.5 Å². The number of halogens is 1.